The molecule has 2 aromatic carbocycles. The van der Waals surface area contributed by atoms with Gasteiger partial charge in [-0.1, -0.05) is 18.2 Å². The van der Waals surface area contributed by atoms with Crippen molar-refractivity contribution in [1.29, 1.82) is 10.8 Å². The van der Waals surface area contributed by atoms with Gasteiger partial charge in [0.2, 0.25) is 5.62 Å². The van der Waals surface area contributed by atoms with Crippen LogP contribution in [0, 0.1) is 10.8 Å². The second kappa shape index (κ2) is 5.92. The molecule has 1 aromatic heterocycles. The summed E-state index contributed by atoms with van der Waals surface area (Å²) in [6, 6.07) is 15.3. The monoisotopic (exact) mass is 307 g/mol. The summed E-state index contributed by atoms with van der Waals surface area (Å²) in [5.41, 5.74) is 1.70. The maximum Gasteiger partial charge on any atom is 0.229 e. The predicted molar refractivity (Wildman–Crippen MR) is 90.8 cm³/mol. The molecular weight excluding hydrogens is 290 g/mol. The van der Waals surface area contributed by atoms with Crippen molar-refractivity contribution >= 4 is 28.7 Å². The number of nitrogens with one attached hydrogen (secondary N) is 2. The lowest BCUT2D eigenvalue weighted by Crippen LogP contribution is -2.26. The largest absolute Gasteiger partial charge is 0.497 e. The Morgan fingerprint density at radius 2 is 1.96 bits per heavy atom. The molecule has 3 aromatic rings. The zero-order valence-electron chi connectivity index (χ0n) is 12.9. The molecule has 0 aliphatic rings. The van der Waals surface area contributed by atoms with E-state index in [1.165, 1.54) is 4.57 Å². The van der Waals surface area contributed by atoms with Crippen molar-refractivity contribution < 1.29 is 4.74 Å². The van der Waals surface area contributed by atoms with E-state index >= 15 is 0 Å². The topological polar surface area (TPSA) is 78.0 Å². The van der Waals surface area contributed by atoms with Crippen LogP contribution in [-0.4, -0.2) is 30.0 Å². The summed E-state index contributed by atoms with van der Waals surface area (Å²) in [6.07, 6.45) is 1.10. The molecule has 0 aliphatic heterocycles. The van der Waals surface area contributed by atoms with E-state index in [0.717, 1.165) is 28.7 Å². The first kappa shape index (κ1) is 14.8. The summed E-state index contributed by atoms with van der Waals surface area (Å²) in [7, 11) is 3.53. The Balaban J connectivity index is 2.23. The van der Waals surface area contributed by atoms with E-state index in [1.807, 2.05) is 60.5 Å². The van der Waals surface area contributed by atoms with Crippen LogP contribution in [-0.2, 0) is 0 Å². The molecule has 0 atom stereocenters. The van der Waals surface area contributed by atoms with E-state index in [9.17, 15) is 0 Å². The summed E-state index contributed by atoms with van der Waals surface area (Å²) in [6.45, 7) is 0. The molecule has 0 bridgehead atoms. The van der Waals surface area contributed by atoms with E-state index < -0.39 is 0 Å². The maximum atomic E-state index is 8.08. The van der Waals surface area contributed by atoms with Crippen molar-refractivity contribution in [2.75, 3.05) is 19.1 Å². The average molecular weight is 307 g/mol. The number of hydrogen-bond acceptors (Lipinski definition) is 5. The number of nitrogens with zero attached hydrogens (tertiary/aromatic N) is 3. The van der Waals surface area contributed by atoms with Gasteiger partial charge in [-0.3, -0.25) is 15.4 Å². The number of methoxy groups -OCH3 is 1. The number of ether oxygens (including phenoxy) is 1. The second-order valence-electron chi connectivity index (χ2n) is 5.04. The van der Waals surface area contributed by atoms with Gasteiger partial charge in [0.05, 0.1) is 19.0 Å². The molecule has 3 rings (SSSR count). The quantitative estimate of drug-likeness (QED) is 0.574. The van der Waals surface area contributed by atoms with E-state index in [0.29, 0.717) is 5.82 Å². The van der Waals surface area contributed by atoms with Crippen molar-refractivity contribution in [2.24, 2.45) is 0 Å². The Labute approximate surface area is 133 Å². The standard InChI is InChI=1S/C17H17N5O/c1-21(12-6-5-7-13(10-12)23-2)16-14-8-3-4-9-15(14)22(11-18)17(19)20-16/h3-11,18-19H,1-2H3. The minimum atomic E-state index is 0.0171. The highest BCUT2D eigenvalue weighted by Gasteiger charge is 2.13. The third-order valence-corrected chi connectivity index (χ3v) is 3.73. The van der Waals surface area contributed by atoms with Crippen LogP contribution in [0.2, 0.25) is 0 Å². The highest BCUT2D eigenvalue weighted by molar-refractivity contribution is 5.94. The van der Waals surface area contributed by atoms with Crippen LogP contribution in [0.1, 0.15) is 0 Å². The first-order valence-corrected chi connectivity index (χ1v) is 7.10. The molecule has 6 heteroatoms. The van der Waals surface area contributed by atoms with Crippen molar-refractivity contribution in [1.82, 2.24) is 9.55 Å². The van der Waals surface area contributed by atoms with Crippen LogP contribution < -0.4 is 15.3 Å². The summed E-state index contributed by atoms with van der Waals surface area (Å²) in [5.74, 6) is 1.42. The molecule has 0 aliphatic carbocycles. The van der Waals surface area contributed by atoms with Crippen LogP contribution >= 0.6 is 0 Å². The molecule has 0 saturated carbocycles. The van der Waals surface area contributed by atoms with Gasteiger partial charge in [-0.05, 0) is 24.3 Å². The summed E-state index contributed by atoms with van der Waals surface area (Å²) >= 11 is 0. The number of rotatable bonds is 4. The van der Waals surface area contributed by atoms with Gasteiger partial charge >= 0.3 is 0 Å². The summed E-state index contributed by atoms with van der Waals surface area (Å²) in [5, 5.41) is 16.5. The predicted octanol–water partition coefficient (Wildman–Crippen LogP) is 2.75. The molecule has 0 spiro atoms. The fourth-order valence-corrected chi connectivity index (χ4v) is 2.53. The van der Waals surface area contributed by atoms with E-state index in [-0.39, 0.29) is 5.62 Å². The van der Waals surface area contributed by atoms with Crippen LogP contribution in [0.15, 0.2) is 48.5 Å². The molecule has 6 nitrogen and oxygen atoms in total. The zero-order chi connectivity index (χ0) is 16.4. The smallest absolute Gasteiger partial charge is 0.229 e. The molecule has 2 N–H and O–H groups in total. The number of aromatic nitrogens is 2. The Morgan fingerprint density at radius 3 is 2.70 bits per heavy atom. The van der Waals surface area contributed by atoms with Crippen LogP contribution in [0.5, 0.6) is 5.75 Å². The van der Waals surface area contributed by atoms with Gasteiger partial charge in [-0.15, -0.1) is 0 Å². The molecule has 23 heavy (non-hydrogen) atoms. The zero-order valence-corrected chi connectivity index (χ0v) is 12.9. The first-order chi connectivity index (χ1) is 11.2. The molecule has 0 saturated heterocycles. The Kier molecular flexibility index (Phi) is 3.80. The number of anilines is 2. The molecule has 0 amide bonds. The van der Waals surface area contributed by atoms with Crippen LogP contribution in [0.25, 0.3) is 10.9 Å². The molecule has 0 radical (unpaired) electrons. The van der Waals surface area contributed by atoms with Gasteiger partial charge in [-0.2, -0.15) is 4.98 Å². The molecule has 0 fully saturated rings. The van der Waals surface area contributed by atoms with Gasteiger partial charge in [-0.25, -0.2) is 0 Å². The lowest BCUT2D eigenvalue weighted by molar-refractivity contribution is 0.415. The highest BCUT2D eigenvalue weighted by atomic mass is 16.5. The average Bonchev–Trinajstić information content (AvgIpc) is 2.60. The van der Waals surface area contributed by atoms with E-state index in [4.69, 9.17) is 15.6 Å². The summed E-state index contributed by atoms with van der Waals surface area (Å²) in [4.78, 5) is 6.28. The second-order valence-corrected chi connectivity index (χ2v) is 5.04. The maximum absolute atomic E-state index is 8.08. The van der Waals surface area contributed by atoms with Crippen molar-refractivity contribution in [2.45, 2.75) is 0 Å². The van der Waals surface area contributed by atoms with Gasteiger partial charge in [0.25, 0.3) is 0 Å². The fourth-order valence-electron chi connectivity index (χ4n) is 2.53. The number of benzene rings is 2. The number of para-hydroxylation sites is 1. The lowest BCUT2D eigenvalue weighted by Gasteiger charge is -2.21. The van der Waals surface area contributed by atoms with E-state index in [1.54, 1.807) is 7.11 Å². The van der Waals surface area contributed by atoms with Crippen LogP contribution in [0.3, 0.4) is 0 Å². The molecule has 0 unspecified atom stereocenters. The van der Waals surface area contributed by atoms with Gasteiger partial charge in [0.1, 0.15) is 11.6 Å². The SMILES string of the molecule is COc1cccc(N(C)c2nc(=N)n(C=N)c3ccccc23)c1. The highest BCUT2D eigenvalue weighted by Crippen LogP contribution is 2.29. The Morgan fingerprint density at radius 1 is 1.17 bits per heavy atom. The lowest BCUT2D eigenvalue weighted by atomic mass is 10.2. The summed E-state index contributed by atoms with van der Waals surface area (Å²) < 4.78 is 6.71. The molecule has 116 valence electrons. The first-order valence-electron chi connectivity index (χ1n) is 7.10. The number of fused-ring (bicyclic) bond motifs is 1. The molecule has 1 heterocycles. The van der Waals surface area contributed by atoms with Crippen molar-refractivity contribution in [3.05, 3.63) is 54.1 Å². The van der Waals surface area contributed by atoms with E-state index in [2.05, 4.69) is 4.98 Å². The Hall–Kier alpha value is -3.15. The number of hydrogen-bond donors (Lipinski definition) is 2. The minimum absolute atomic E-state index is 0.0171. The van der Waals surface area contributed by atoms with Crippen molar-refractivity contribution in [3.8, 4) is 5.75 Å². The third-order valence-electron chi connectivity index (χ3n) is 3.73. The fraction of sp³-hybridized carbons (Fsp3) is 0.118. The normalized spacial score (nSPS) is 10.5. The Bertz CT molecular complexity index is 932. The van der Waals surface area contributed by atoms with Gasteiger partial charge in [0.15, 0.2) is 0 Å². The van der Waals surface area contributed by atoms with Gasteiger partial charge < -0.3 is 9.64 Å². The van der Waals surface area contributed by atoms with Gasteiger partial charge in [0, 0.05) is 24.2 Å². The van der Waals surface area contributed by atoms with Crippen LogP contribution in [0.4, 0.5) is 11.5 Å². The molecular formula is C17H17N5O. The van der Waals surface area contributed by atoms with Crippen molar-refractivity contribution in [3.63, 3.8) is 0 Å². The third kappa shape index (κ3) is 2.55. The minimum Gasteiger partial charge on any atom is -0.497 e.